The van der Waals surface area contributed by atoms with E-state index >= 15 is 0 Å². The molecular weight excluding hydrogens is 912 g/mol. The molecule has 0 radical (unpaired) electrons. The van der Waals surface area contributed by atoms with E-state index in [1.54, 1.807) is 0 Å². The molecule has 0 amide bonds. The molecule has 0 saturated heterocycles. The first-order valence-corrected chi connectivity index (χ1v) is 29.2. The minimum absolute atomic E-state index is 0.00591. The predicted molar refractivity (Wildman–Crippen MR) is 324 cm³/mol. The third-order valence-electron chi connectivity index (χ3n) is 20.5. The minimum atomic E-state index is -0.371. The van der Waals surface area contributed by atoms with Crippen molar-refractivity contribution in [2.75, 3.05) is 9.80 Å². The Morgan fingerprint density at radius 1 is 0.473 bits per heavy atom. The van der Waals surface area contributed by atoms with Gasteiger partial charge in [0.05, 0.1) is 18.2 Å². The maximum absolute atomic E-state index is 9.79. The number of hydrogen-bond donors (Lipinski definition) is 0. The first kappa shape index (κ1) is 44.6. The van der Waals surface area contributed by atoms with Gasteiger partial charge in [0.1, 0.15) is 0 Å². The zero-order chi connectivity index (χ0) is 57.4. The number of nitrogens with zero attached hydrogens (tertiary/aromatic N) is 2. The molecule has 0 fully saturated rings. The van der Waals surface area contributed by atoms with Crippen molar-refractivity contribution < 1.29 is 6.85 Å². The molecule has 6 aromatic rings. The summed E-state index contributed by atoms with van der Waals surface area (Å²) in [6.45, 7) is 45.9. The molecule has 2 nitrogen and oxygen atoms in total. The Hall–Kier alpha value is -4.54. The van der Waals surface area contributed by atoms with Crippen molar-refractivity contribution >= 4 is 67.9 Å². The van der Waals surface area contributed by atoms with E-state index in [2.05, 4.69) is 207 Å². The summed E-state index contributed by atoms with van der Waals surface area (Å²) in [7, 11) is 0. The number of rotatable bonds is 3. The van der Waals surface area contributed by atoms with Gasteiger partial charge in [-0.3, -0.25) is 0 Å². The third kappa shape index (κ3) is 7.27. The Morgan fingerprint density at radius 3 is 1.49 bits per heavy atom. The first-order chi connectivity index (χ1) is 36.3. The van der Waals surface area contributed by atoms with E-state index in [1.165, 1.54) is 82.1 Å². The first-order valence-electron chi connectivity index (χ1n) is 30.9. The van der Waals surface area contributed by atoms with Gasteiger partial charge in [-0.05, 0) is 204 Å². The molecule has 0 atom stereocenters. The average molecular weight is 1000 g/mol. The molecule has 74 heavy (non-hydrogen) atoms. The van der Waals surface area contributed by atoms with E-state index in [-0.39, 0.29) is 91.2 Å². The SMILES string of the molecule is [2H]c1c([2H])c([2H])c(-c2cc3c(cc2N2c4cc5c(cc4B4c6sc7c(c6N(c6ccc8c(c6)C(C)(C)CCC8(C)C)c6cc(C(C)(C)C)cc2c64)C(C)(C)CCC7(C)C)C(C)(C)CCC5(C)C)C(C)(C)CCC3(C)C)c([2H])c1[2H]. The third-order valence-corrected chi connectivity index (χ3v) is 22.1. The summed E-state index contributed by atoms with van der Waals surface area (Å²) in [4.78, 5) is 6.80. The standard InChI is InChI=1S/C70H87BN2S/c1-62(2,3)43-35-55-58-56(36-43)73(53-40-50-48(65(8,9)29-31-67(50,12)13)38-45(53)42-23-21-20-22-24-42)54-41-51-49(66(10,11)30-32-68(51,14)15)39-52(54)71(58)61-59(57-60(74-61)70(18,19)34-33-69(57,16)17)72(55)44-25-26-46-47(37-44)64(6,7)28-27-63(46,4)5/h20-26,35-41H,27-34H2,1-19H3/i20D,21D,22D,23D,24D. The van der Waals surface area contributed by atoms with Gasteiger partial charge in [0.2, 0.25) is 0 Å². The van der Waals surface area contributed by atoms with Crippen LogP contribution < -0.4 is 25.5 Å². The van der Waals surface area contributed by atoms with Crippen molar-refractivity contribution in [3.63, 3.8) is 0 Å². The lowest BCUT2D eigenvalue weighted by atomic mass is 9.35. The lowest BCUT2D eigenvalue weighted by Crippen LogP contribution is -2.61. The van der Waals surface area contributed by atoms with Gasteiger partial charge in [0.15, 0.2) is 0 Å². The lowest BCUT2D eigenvalue weighted by molar-refractivity contribution is 0.332. The highest BCUT2D eigenvalue weighted by Crippen LogP contribution is 2.60. The molecule has 0 N–H and O–H groups in total. The Morgan fingerprint density at radius 2 is 0.932 bits per heavy atom. The van der Waals surface area contributed by atoms with Gasteiger partial charge in [0.25, 0.3) is 6.71 Å². The monoisotopic (exact) mass is 1000 g/mol. The van der Waals surface area contributed by atoms with E-state index < -0.39 is 0 Å². The van der Waals surface area contributed by atoms with Gasteiger partial charge in [-0.2, -0.15) is 11.3 Å². The van der Waals surface area contributed by atoms with E-state index in [1.807, 2.05) is 0 Å². The molecule has 5 aromatic carbocycles. The van der Waals surface area contributed by atoms with Crippen LogP contribution in [0.15, 0.2) is 84.8 Å². The van der Waals surface area contributed by atoms with Gasteiger partial charge in [0, 0.05) is 38.0 Å². The van der Waals surface area contributed by atoms with E-state index in [9.17, 15) is 5.48 Å². The fourth-order valence-electron chi connectivity index (χ4n) is 14.9. The maximum atomic E-state index is 9.79. The summed E-state index contributed by atoms with van der Waals surface area (Å²) < 4.78 is 48.2. The van der Waals surface area contributed by atoms with Gasteiger partial charge >= 0.3 is 0 Å². The summed E-state index contributed by atoms with van der Waals surface area (Å²) in [6.07, 6.45) is 8.65. The van der Waals surface area contributed by atoms with Crippen LogP contribution in [0.4, 0.5) is 34.1 Å². The van der Waals surface area contributed by atoms with Crippen LogP contribution in [-0.2, 0) is 48.7 Å². The zero-order valence-corrected chi connectivity index (χ0v) is 49.5. The fourth-order valence-corrected chi connectivity index (χ4v) is 16.6. The molecular formula is C70H87BN2S. The van der Waals surface area contributed by atoms with Crippen molar-refractivity contribution in [1.29, 1.82) is 0 Å². The van der Waals surface area contributed by atoms with Crippen LogP contribution in [0.25, 0.3) is 11.1 Å². The highest BCUT2D eigenvalue weighted by Gasteiger charge is 2.53. The Bertz CT molecular complexity index is 3620. The molecule has 4 heteroatoms. The minimum Gasteiger partial charge on any atom is -0.311 e. The maximum Gasteiger partial charge on any atom is 0.264 e. The molecule has 0 saturated carbocycles. The summed E-state index contributed by atoms with van der Waals surface area (Å²) in [6, 6.07) is 21.1. The van der Waals surface area contributed by atoms with Crippen molar-refractivity contribution in [2.24, 2.45) is 0 Å². The molecule has 3 heterocycles. The summed E-state index contributed by atoms with van der Waals surface area (Å²) in [5, 5.41) is 0. The van der Waals surface area contributed by atoms with Crippen LogP contribution >= 0.6 is 11.3 Å². The Balaban J connectivity index is 1.30. The fraction of sp³-hybridized carbons (Fsp3) is 0.514. The van der Waals surface area contributed by atoms with Gasteiger partial charge in [-0.15, -0.1) is 0 Å². The largest absolute Gasteiger partial charge is 0.311 e. The predicted octanol–water partition coefficient (Wildman–Crippen LogP) is 18.2. The average Bonchev–Trinajstić information content (AvgIpc) is 3.82. The lowest BCUT2D eigenvalue weighted by Gasteiger charge is -2.49. The second kappa shape index (κ2) is 15.6. The molecule has 386 valence electrons. The molecule has 0 bridgehead atoms. The molecule has 0 spiro atoms. The highest BCUT2D eigenvalue weighted by atomic mass is 32.1. The van der Waals surface area contributed by atoms with Crippen molar-refractivity contribution in [3.8, 4) is 11.1 Å². The molecule has 12 rings (SSSR count). The number of anilines is 6. The van der Waals surface area contributed by atoms with E-state index in [4.69, 9.17) is 1.37 Å². The summed E-state index contributed by atoms with van der Waals surface area (Å²) >= 11 is 2.08. The summed E-state index contributed by atoms with van der Waals surface area (Å²) in [5.74, 6) is 0. The van der Waals surface area contributed by atoms with Gasteiger partial charge in [-0.25, -0.2) is 0 Å². The Labute approximate surface area is 459 Å². The second-order valence-electron chi connectivity index (χ2n) is 30.5. The summed E-state index contributed by atoms with van der Waals surface area (Å²) in [5.41, 5.74) is 20.3. The number of thiophene rings is 1. The quantitative estimate of drug-likeness (QED) is 0.163. The van der Waals surface area contributed by atoms with Gasteiger partial charge < -0.3 is 9.80 Å². The number of benzene rings is 5. The normalized spacial score (nSPS) is 23.3. The van der Waals surface area contributed by atoms with Crippen LogP contribution in [0.1, 0.15) is 239 Å². The van der Waals surface area contributed by atoms with Crippen molar-refractivity contribution in [3.05, 3.63) is 134 Å². The van der Waals surface area contributed by atoms with Crippen LogP contribution in [-0.4, -0.2) is 6.71 Å². The second-order valence-corrected chi connectivity index (χ2v) is 31.5. The van der Waals surface area contributed by atoms with E-state index in [0.29, 0.717) is 5.56 Å². The van der Waals surface area contributed by atoms with Crippen LogP contribution in [0.3, 0.4) is 0 Å². The highest BCUT2D eigenvalue weighted by molar-refractivity contribution is 7.29. The van der Waals surface area contributed by atoms with Gasteiger partial charge in [-0.1, -0.05) is 174 Å². The van der Waals surface area contributed by atoms with Crippen LogP contribution in [0, 0.1) is 0 Å². The van der Waals surface area contributed by atoms with Crippen molar-refractivity contribution in [1.82, 2.24) is 0 Å². The number of fused-ring (bicyclic) bond motifs is 9. The van der Waals surface area contributed by atoms with Crippen molar-refractivity contribution in [2.45, 2.75) is 232 Å². The van der Waals surface area contributed by atoms with Crippen LogP contribution in [0.2, 0.25) is 0 Å². The van der Waals surface area contributed by atoms with Crippen LogP contribution in [0.5, 0.6) is 0 Å². The topological polar surface area (TPSA) is 6.48 Å². The van der Waals surface area contributed by atoms with E-state index in [0.717, 1.165) is 68.4 Å². The molecule has 2 aliphatic heterocycles. The molecule has 6 aliphatic rings. The zero-order valence-electron chi connectivity index (χ0n) is 53.7. The molecule has 1 aromatic heterocycles. The molecule has 0 unspecified atom stereocenters. The Kier molecular flexibility index (Phi) is 9.38. The molecule has 4 aliphatic carbocycles. The smallest absolute Gasteiger partial charge is 0.264 e. The number of hydrogen-bond acceptors (Lipinski definition) is 3.